The van der Waals surface area contributed by atoms with E-state index in [1.165, 1.54) is 24.5 Å². The molecular weight excluding hydrogens is 700 g/mol. The summed E-state index contributed by atoms with van der Waals surface area (Å²) in [4.78, 5) is 21.9. The third-order valence-corrected chi connectivity index (χ3v) is 9.82. The highest BCUT2D eigenvalue weighted by Crippen LogP contribution is 2.41. The second kappa shape index (κ2) is 13.9. The van der Waals surface area contributed by atoms with E-state index in [0.717, 1.165) is 30.9 Å². The van der Waals surface area contributed by atoms with Gasteiger partial charge in [0.1, 0.15) is 28.4 Å². The molecule has 4 aromatic rings. The van der Waals surface area contributed by atoms with E-state index in [2.05, 4.69) is 25.5 Å². The summed E-state index contributed by atoms with van der Waals surface area (Å²) in [5.74, 6) is -0.339. The van der Waals surface area contributed by atoms with Crippen LogP contribution >= 0.6 is 0 Å². The van der Waals surface area contributed by atoms with Crippen molar-refractivity contribution in [2.45, 2.75) is 76.4 Å². The first-order valence-electron chi connectivity index (χ1n) is 17.4. The highest BCUT2D eigenvalue weighted by atomic mass is 19.3. The van der Waals surface area contributed by atoms with E-state index in [1.807, 2.05) is 42.3 Å². The predicted octanol–water partition coefficient (Wildman–Crippen LogP) is 5.01. The number of fused-ring (bicyclic) bond motifs is 4. The molecule has 0 bridgehead atoms. The minimum Gasteiger partial charge on any atom is -0.444 e. The van der Waals surface area contributed by atoms with Crippen LogP contribution in [-0.2, 0) is 38.5 Å². The summed E-state index contributed by atoms with van der Waals surface area (Å²) < 4.78 is 73.8. The molecule has 8 rings (SSSR count). The highest BCUT2D eigenvalue weighted by Gasteiger charge is 2.48. The number of rotatable bonds is 4. The van der Waals surface area contributed by atoms with E-state index in [9.17, 15) is 22.4 Å². The van der Waals surface area contributed by atoms with Gasteiger partial charge in [-0.05, 0) is 58.0 Å². The van der Waals surface area contributed by atoms with Gasteiger partial charge >= 0.3 is 6.09 Å². The number of aromatic nitrogens is 6. The molecule has 14 nitrogen and oxygen atoms in total. The molecule has 4 aliphatic rings. The number of nitrogen functional groups attached to an aromatic ring is 2. The maximum Gasteiger partial charge on any atom is 0.410 e. The second-order valence-electron chi connectivity index (χ2n) is 14.5. The fourth-order valence-corrected chi connectivity index (χ4v) is 7.21. The van der Waals surface area contributed by atoms with E-state index >= 15 is 0 Å². The summed E-state index contributed by atoms with van der Waals surface area (Å²) in [7, 11) is 0. The van der Waals surface area contributed by atoms with Gasteiger partial charge in [-0.3, -0.25) is 9.36 Å². The van der Waals surface area contributed by atoms with Crippen molar-refractivity contribution in [2.24, 2.45) is 0 Å². The van der Waals surface area contributed by atoms with Gasteiger partial charge in [0, 0.05) is 43.0 Å². The Labute approximate surface area is 302 Å². The minimum atomic E-state index is -2.72. The van der Waals surface area contributed by atoms with Gasteiger partial charge in [-0.2, -0.15) is 10.2 Å². The molecule has 2 fully saturated rings. The van der Waals surface area contributed by atoms with Gasteiger partial charge < -0.3 is 35.9 Å². The summed E-state index contributed by atoms with van der Waals surface area (Å²) in [6.45, 7) is 10.2. The van der Waals surface area contributed by atoms with Gasteiger partial charge in [0.2, 0.25) is 0 Å². The molecular formula is C35H42F4N10O4. The molecule has 4 aromatic heterocycles. The SMILES string of the molecule is CC(C)(C)OC(=O)N1CC[C@]2(C1)OCCn1nc(-c3cnc(N)c(C(F)F)c3)cc12.Nc1ncc(-c2cc3n(n2)CCO[C@@]32CCNC2)cc1C(F)F. The lowest BCUT2D eigenvalue weighted by atomic mass is 9.96. The molecule has 2 saturated heterocycles. The van der Waals surface area contributed by atoms with E-state index in [-0.39, 0.29) is 34.5 Å². The van der Waals surface area contributed by atoms with Gasteiger partial charge in [-0.25, -0.2) is 32.3 Å². The number of ether oxygens (including phenoxy) is 3. The van der Waals surface area contributed by atoms with Gasteiger partial charge in [0.15, 0.2) is 0 Å². The van der Waals surface area contributed by atoms with Crippen molar-refractivity contribution in [2.75, 3.05) is 50.9 Å². The Morgan fingerprint density at radius 2 is 1.36 bits per heavy atom. The molecule has 0 radical (unpaired) electrons. The summed E-state index contributed by atoms with van der Waals surface area (Å²) >= 11 is 0. The number of pyridine rings is 2. The average Bonchev–Trinajstić information content (AvgIpc) is 3.92. The maximum absolute atomic E-state index is 13.2. The molecule has 0 saturated carbocycles. The number of carbonyl (C=O) groups excluding carboxylic acids is 1. The van der Waals surface area contributed by atoms with Crippen molar-refractivity contribution in [3.8, 4) is 22.5 Å². The molecule has 53 heavy (non-hydrogen) atoms. The number of halogens is 4. The lowest BCUT2D eigenvalue weighted by Gasteiger charge is -2.34. The van der Waals surface area contributed by atoms with Crippen LogP contribution in [0.25, 0.3) is 22.5 Å². The van der Waals surface area contributed by atoms with Crippen LogP contribution in [0.15, 0.2) is 36.7 Å². The van der Waals surface area contributed by atoms with Crippen LogP contribution in [0.1, 0.15) is 69.0 Å². The number of nitrogens with two attached hydrogens (primary N) is 2. The molecule has 5 N–H and O–H groups in total. The number of alkyl halides is 4. The van der Waals surface area contributed by atoms with Crippen LogP contribution in [0.2, 0.25) is 0 Å². The highest BCUT2D eigenvalue weighted by molar-refractivity contribution is 5.69. The van der Waals surface area contributed by atoms with Crippen molar-refractivity contribution in [1.29, 1.82) is 0 Å². The number of nitrogens with one attached hydrogen (secondary N) is 1. The molecule has 2 spiro atoms. The van der Waals surface area contributed by atoms with Crippen molar-refractivity contribution >= 4 is 17.7 Å². The Bertz CT molecular complexity index is 1990. The van der Waals surface area contributed by atoms with E-state index in [4.69, 9.17) is 25.7 Å². The fourth-order valence-electron chi connectivity index (χ4n) is 7.21. The second-order valence-corrected chi connectivity index (χ2v) is 14.5. The third kappa shape index (κ3) is 7.14. The number of hydrogen-bond acceptors (Lipinski definition) is 11. The molecule has 0 aromatic carbocycles. The lowest BCUT2D eigenvalue weighted by molar-refractivity contribution is -0.0727. The first kappa shape index (κ1) is 36.5. The van der Waals surface area contributed by atoms with Crippen molar-refractivity contribution in [3.63, 3.8) is 0 Å². The molecule has 0 unspecified atom stereocenters. The van der Waals surface area contributed by atoms with Gasteiger partial charge in [0.25, 0.3) is 12.9 Å². The first-order chi connectivity index (χ1) is 25.2. The largest absolute Gasteiger partial charge is 0.444 e. The average molecular weight is 743 g/mol. The summed E-state index contributed by atoms with van der Waals surface area (Å²) in [6, 6.07) is 6.41. The van der Waals surface area contributed by atoms with E-state index < -0.39 is 24.1 Å². The van der Waals surface area contributed by atoms with Crippen molar-refractivity contribution < 1.29 is 36.6 Å². The number of hydrogen-bond donors (Lipinski definition) is 3. The summed E-state index contributed by atoms with van der Waals surface area (Å²) in [6.07, 6.45) is -1.38. The smallest absolute Gasteiger partial charge is 0.410 e. The monoisotopic (exact) mass is 742 g/mol. The number of nitrogens with zero attached hydrogens (tertiary/aromatic N) is 7. The molecule has 1 amide bonds. The third-order valence-electron chi connectivity index (χ3n) is 9.82. The lowest BCUT2D eigenvalue weighted by Crippen LogP contribution is -2.43. The predicted molar refractivity (Wildman–Crippen MR) is 185 cm³/mol. The van der Waals surface area contributed by atoms with Crippen LogP contribution in [-0.4, -0.2) is 85.5 Å². The van der Waals surface area contributed by atoms with Gasteiger partial charge in [-0.1, -0.05) is 0 Å². The zero-order valence-corrected chi connectivity index (χ0v) is 29.6. The maximum atomic E-state index is 13.2. The molecule has 284 valence electrons. The standard InChI is InChI=1S/C20H25F2N5O3.C15H17F2N5O/c1-19(2,3)30-18(28)26-5-4-20(11-26)15-9-14(25-27(15)6-7-29-20)12-8-13(16(21)22)17(23)24-10-12;16-13(17)10-5-9(7-20-14(10)18)11-6-12-15(1-2-19-8-15)23-4-3-22(12)21-11/h8-10,16H,4-7,11H2,1-3H3,(H2,23,24);5-7,13,19H,1-4,8H2,(H2,18,20)/t20-;15-/m11/s1. The first-order valence-corrected chi connectivity index (χ1v) is 17.4. The Kier molecular flexibility index (Phi) is 9.57. The van der Waals surface area contributed by atoms with Crippen LogP contribution in [0, 0.1) is 0 Å². The molecule has 0 aliphatic carbocycles. The zero-order valence-electron chi connectivity index (χ0n) is 29.6. The number of carbonyl (C=O) groups is 1. The Morgan fingerprint density at radius 1 is 0.830 bits per heavy atom. The molecule has 8 heterocycles. The number of amides is 1. The normalized spacial score (nSPS) is 22.3. The molecule has 18 heteroatoms. The zero-order chi connectivity index (χ0) is 37.7. The van der Waals surface area contributed by atoms with Crippen molar-refractivity contribution in [3.05, 3.63) is 59.2 Å². The van der Waals surface area contributed by atoms with Crippen LogP contribution in [0.4, 0.5) is 34.0 Å². The van der Waals surface area contributed by atoms with E-state index in [0.29, 0.717) is 68.3 Å². The molecule has 4 aliphatic heterocycles. The van der Waals surface area contributed by atoms with Crippen molar-refractivity contribution in [1.82, 2.24) is 39.7 Å². The topological polar surface area (TPSA) is 173 Å². The van der Waals surface area contributed by atoms with Gasteiger partial charge in [-0.15, -0.1) is 0 Å². The Hall–Kier alpha value is -4.81. The number of likely N-dealkylation sites (tertiary alicyclic amines) is 1. The fraction of sp³-hybridized carbons (Fsp3) is 0.514. The van der Waals surface area contributed by atoms with Gasteiger partial charge in [0.05, 0.1) is 66.8 Å². The summed E-state index contributed by atoms with van der Waals surface area (Å²) in [5.41, 5.74) is 12.8. The van der Waals surface area contributed by atoms with Crippen LogP contribution in [0.3, 0.4) is 0 Å². The van der Waals surface area contributed by atoms with Crippen LogP contribution < -0.4 is 16.8 Å². The Balaban J connectivity index is 0.000000170. The minimum absolute atomic E-state index is 0.146. The van der Waals surface area contributed by atoms with Crippen LogP contribution in [0.5, 0.6) is 0 Å². The number of anilines is 2. The quantitative estimate of drug-likeness (QED) is 0.240. The van der Waals surface area contributed by atoms with E-state index in [1.54, 1.807) is 4.90 Å². The summed E-state index contributed by atoms with van der Waals surface area (Å²) in [5, 5.41) is 12.4. The molecule has 2 atom stereocenters. The Morgan fingerprint density at radius 3 is 1.85 bits per heavy atom.